The third-order valence-electron chi connectivity index (χ3n) is 9.39. The number of benzene rings is 7. The molecule has 7 aromatic carbocycles. The molecule has 0 fully saturated rings. The molecule has 0 aliphatic carbocycles. The number of hydrogen-bond acceptors (Lipinski definition) is 0. The van der Waals surface area contributed by atoms with Crippen molar-refractivity contribution in [2.45, 2.75) is 0 Å². The Morgan fingerprint density at radius 2 is 0.250 bits per heavy atom. The van der Waals surface area contributed by atoms with Gasteiger partial charge < -0.3 is 0 Å². The zero-order valence-corrected chi connectivity index (χ0v) is 34.7. The molecule has 0 N–H and O–H groups in total. The Morgan fingerprint density at radius 1 is 0.153 bits per heavy atom. The van der Waals surface area contributed by atoms with Gasteiger partial charge in [-0.2, -0.15) is 0 Å². The van der Waals surface area contributed by atoms with Crippen LogP contribution in [0.2, 0.25) is 0 Å². The van der Waals surface area contributed by atoms with Crippen LogP contribution in [0.25, 0.3) is 0 Å². The lowest BCUT2D eigenvalue weighted by Crippen LogP contribution is -2.05. The Labute approximate surface area is 393 Å². The first-order chi connectivity index (χ1) is 34.1. The van der Waals surface area contributed by atoms with E-state index >= 15 is 0 Å². The van der Waals surface area contributed by atoms with Crippen molar-refractivity contribution in [2.24, 2.45) is 0 Å². The van der Waals surface area contributed by atoms with E-state index in [1.165, 1.54) is 0 Å². The van der Waals surface area contributed by atoms with Crippen molar-refractivity contribution in [2.75, 3.05) is 0 Å². The van der Waals surface area contributed by atoms with Crippen molar-refractivity contribution in [1.29, 1.82) is 0 Å². The molecule has 18 heteroatoms. The van der Waals surface area contributed by atoms with E-state index in [1.807, 2.05) is 0 Å². The molecule has 0 bridgehead atoms. The highest BCUT2D eigenvalue weighted by atomic mass is 19.2. The van der Waals surface area contributed by atoms with Gasteiger partial charge in [0.2, 0.25) is 0 Å². The maximum absolute atomic E-state index is 14.5. The summed E-state index contributed by atoms with van der Waals surface area (Å²) in [7, 11) is 0. The summed E-state index contributed by atoms with van der Waals surface area (Å²) in [6.45, 7) is 0. The molecule has 7 rings (SSSR count). The Hall–Kier alpha value is -9.36. The second-order valence-electron chi connectivity index (χ2n) is 14.3. The lowest BCUT2D eigenvalue weighted by atomic mass is 9.86. The minimum atomic E-state index is -1.97. The van der Waals surface area contributed by atoms with Gasteiger partial charge in [0.25, 0.3) is 0 Å². The summed E-state index contributed by atoms with van der Waals surface area (Å²) in [6.07, 6.45) is 0. The van der Waals surface area contributed by atoms with Gasteiger partial charge in [0.05, 0.1) is 33.4 Å². The molecule has 0 heterocycles. The normalized spacial score (nSPS) is 10.2. The van der Waals surface area contributed by atoms with Crippen LogP contribution < -0.4 is 0 Å². The van der Waals surface area contributed by atoms with E-state index in [2.05, 4.69) is 71.0 Å². The van der Waals surface area contributed by atoms with Crippen LogP contribution >= 0.6 is 0 Å². The van der Waals surface area contributed by atoms with Gasteiger partial charge in [-0.1, -0.05) is 71.0 Å². The van der Waals surface area contributed by atoms with Crippen LogP contribution in [0.5, 0.6) is 0 Å². The molecule has 0 nitrogen and oxygen atoms in total. The van der Waals surface area contributed by atoms with Crippen LogP contribution in [0.4, 0.5) is 79.0 Å². The van der Waals surface area contributed by atoms with Gasteiger partial charge in [-0.05, 0) is 72.8 Å². The summed E-state index contributed by atoms with van der Waals surface area (Å²) in [5.41, 5.74) is -8.88. The second-order valence-corrected chi connectivity index (χ2v) is 14.3. The summed E-state index contributed by atoms with van der Waals surface area (Å²) in [6, 6.07) is 4.26. The van der Waals surface area contributed by atoms with E-state index in [4.69, 9.17) is 0 Å². The van der Waals surface area contributed by atoms with Gasteiger partial charge in [-0.15, -0.1) is 0 Å². The first kappa shape index (κ1) is 50.5. The van der Waals surface area contributed by atoms with Crippen molar-refractivity contribution in [1.82, 2.24) is 0 Å². The molecular formula is C54H12F18. The van der Waals surface area contributed by atoms with Crippen LogP contribution in [-0.2, 0) is 0 Å². The Morgan fingerprint density at radius 3 is 0.347 bits per heavy atom. The second kappa shape index (κ2) is 20.7. The van der Waals surface area contributed by atoms with Gasteiger partial charge in [-0.3, -0.25) is 0 Å². The summed E-state index contributed by atoms with van der Waals surface area (Å²) in [5.74, 6) is -5.96. The number of rotatable bonds is 0. The third kappa shape index (κ3) is 10.9. The monoisotopic (exact) mass is 1000 g/mol. The standard InChI is InChI=1S/C54H12F18/c55-37-13-25(14-38(56)49(37)67)1-7-31-32(8-2-26-15-39(57)50(68)40(58)16-26)34(10-4-28-19-43(61)52(70)44(62)20-28)36(12-6-30-23-47(65)54(72)48(66)24-30)35(11-5-29-21-45(63)53(71)46(64)22-29)33(31)9-3-27-17-41(59)51(69)42(60)18-27/h13-24H. The smallest absolute Gasteiger partial charge is 0.194 e. The molecular weight excluding hydrogens is 991 g/mol. The zero-order valence-electron chi connectivity index (χ0n) is 34.7. The fourth-order valence-corrected chi connectivity index (χ4v) is 6.07. The van der Waals surface area contributed by atoms with Crippen molar-refractivity contribution in [3.05, 3.63) is 244 Å². The molecule has 0 unspecified atom stereocenters. The molecule has 0 spiro atoms. The Balaban J connectivity index is 1.76. The van der Waals surface area contributed by atoms with Gasteiger partial charge in [0.1, 0.15) is 0 Å². The van der Waals surface area contributed by atoms with Crippen molar-refractivity contribution >= 4 is 0 Å². The topological polar surface area (TPSA) is 0 Å². The highest BCUT2D eigenvalue weighted by molar-refractivity contribution is 5.78. The van der Waals surface area contributed by atoms with Crippen LogP contribution in [-0.4, -0.2) is 0 Å². The molecule has 72 heavy (non-hydrogen) atoms. The Kier molecular flexibility index (Phi) is 14.5. The van der Waals surface area contributed by atoms with Gasteiger partial charge in [-0.25, -0.2) is 79.0 Å². The van der Waals surface area contributed by atoms with Crippen LogP contribution in [0.3, 0.4) is 0 Å². The first-order valence-electron chi connectivity index (χ1n) is 19.3. The minimum absolute atomic E-state index is 0.355. The van der Waals surface area contributed by atoms with Crippen molar-refractivity contribution in [3.8, 4) is 71.0 Å². The third-order valence-corrected chi connectivity index (χ3v) is 9.39. The quantitative estimate of drug-likeness (QED) is 0.0807. The molecule has 7 aromatic rings. The molecule has 0 amide bonds. The van der Waals surface area contributed by atoms with Crippen LogP contribution in [0, 0.1) is 176 Å². The largest absolute Gasteiger partial charge is 0.204 e. The summed E-state index contributed by atoms with van der Waals surface area (Å²) in [4.78, 5) is 0. The SMILES string of the molecule is Fc1cc(C#Cc2c(C#Cc3cc(F)c(F)c(F)c3)c(C#Cc3cc(F)c(F)c(F)c3)c(C#Cc3cc(F)c(F)c(F)c3)c(C#Cc3cc(F)c(F)c(F)c3)c2C#Cc2cc(F)c(F)c(F)c2)cc(F)c1F. The zero-order chi connectivity index (χ0) is 52.3. The van der Waals surface area contributed by atoms with Gasteiger partial charge in [0, 0.05) is 33.4 Å². The average molecular weight is 1000 g/mol. The highest BCUT2D eigenvalue weighted by Gasteiger charge is 2.22. The van der Waals surface area contributed by atoms with Crippen molar-refractivity contribution in [3.63, 3.8) is 0 Å². The number of halogens is 18. The molecule has 0 radical (unpaired) electrons. The summed E-state index contributed by atoms with van der Waals surface area (Å²) < 4.78 is 259. The maximum atomic E-state index is 14.5. The maximum Gasteiger partial charge on any atom is 0.194 e. The predicted octanol–water partition coefficient (Wildman–Crippen LogP) is 12.6. The van der Waals surface area contributed by atoms with E-state index in [0.29, 0.717) is 72.8 Å². The number of hydrogen-bond donors (Lipinski definition) is 0. The van der Waals surface area contributed by atoms with Crippen molar-refractivity contribution < 1.29 is 79.0 Å². The summed E-state index contributed by atoms with van der Waals surface area (Å²) in [5, 5.41) is 0. The summed E-state index contributed by atoms with van der Waals surface area (Å²) >= 11 is 0. The lowest BCUT2D eigenvalue weighted by Gasteiger charge is -2.13. The van der Waals surface area contributed by atoms with Crippen LogP contribution in [0.15, 0.2) is 72.8 Å². The molecule has 0 aliphatic heterocycles. The molecule has 0 atom stereocenters. The Bertz CT molecular complexity index is 3080. The average Bonchev–Trinajstić information content (AvgIpc) is 3.32. The van der Waals surface area contributed by atoms with E-state index in [-0.39, 0.29) is 0 Å². The molecule has 0 saturated heterocycles. The van der Waals surface area contributed by atoms with Gasteiger partial charge in [0.15, 0.2) is 105 Å². The molecule has 0 saturated carbocycles. The first-order valence-corrected chi connectivity index (χ1v) is 19.3. The van der Waals surface area contributed by atoms with E-state index < -0.39 is 171 Å². The predicted molar refractivity (Wildman–Crippen MR) is 220 cm³/mol. The highest BCUT2D eigenvalue weighted by Crippen LogP contribution is 2.29. The molecule has 354 valence electrons. The van der Waals surface area contributed by atoms with E-state index in [0.717, 1.165) is 0 Å². The molecule has 0 aromatic heterocycles. The van der Waals surface area contributed by atoms with E-state index in [9.17, 15) is 79.0 Å². The lowest BCUT2D eigenvalue weighted by molar-refractivity contribution is 0.446. The van der Waals surface area contributed by atoms with Gasteiger partial charge >= 0.3 is 0 Å². The van der Waals surface area contributed by atoms with E-state index in [1.54, 1.807) is 0 Å². The fourth-order valence-electron chi connectivity index (χ4n) is 6.07. The minimum Gasteiger partial charge on any atom is -0.204 e. The fraction of sp³-hybridized carbons (Fsp3) is 0. The van der Waals surface area contributed by atoms with Crippen LogP contribution in [0.1, 0.15) is 66.8 Å². The molecule has 0 aliphatic rings.